The lowest BCUT2D eigenvalue weighted by Gasteiger charge is -2.32. The number of rotatable bonds is 5. The van der Waals surface area contributed by atoms with Crippen LogP contribution in [0.3, 0.4) is 0 Å². The fourth-order valence-electron chi connectivity index (χ4n) is 3.52. The summed E-state index contributed by atoms with van der Waals surface area (Å²) in [6.07, 6.45) is 1.70. The molecule has 1 unspecified atom stereocenters. The molecule has 3 rings (SSSR count). The van der Waals surface area contributed by atoms with Crippen molar-refractivity contribution in [3.63, 3.8) is 0 Å². The largest absolute Gasteiger partial charge is 0.355 e. The number of piperazine rings is 1. The third-order valence-corrected chi connectivity index (χ3v) is 5.04. The molecule has 3 amide bonds. The van der Waals surface area contributed by atoms with Crippen molar-refractivity contribution in [3.8, 4) is 0 Å². The summed E-state index contributed by atoms with van der Waals surface area (Å²) in [6, 6.07) is 9.29. The van der Waals surface area contributed by atoms with Gasteiger partial charge >= 0.3 is 6.03 Å². The van der Waals surface area contributed by atoms with Gasteiger partial charge in [-0.2, -0.15) is 0 Å². The zero-order chi connectivity index (χ0) is 18.2. The number of hydrogen-bond acceptors (Lipinski definition) is 4. The number of hydrogen-bond donors (Lipinski definition) is 3. The summed E-state index contributed by atoms with van der Waals surface area (Å²) in [5, 5.41) is 9.28. The number of piperidine rings is 1. The number of anilines is 1. The van der Waals surface area contributed by atoms with Crippen LogP contribution in [0.4, 0.5) is 10.5 Å². The summed E-state index contributed by atoms with van der Waals surface area (Å²) in [5.74, 6) is -0.0503. The molecular weight excluding hydrogens is 330 g/mol. The van der Waals surface area contributed by atoms with Gasteiger partial charge in [-0.15, -0.1) is 0 Å². The highest BCUT2D eigenvalue weighted by atomic mass is 16.2. The lowest BCUT2D eigenvalue weighted by atomic mass is 9.97. The van der Waals surface area contributed by atoms with Crippen molar-refractivity contribution in [1.29, 1.82) is 0 Å². The summed E-state index contributed by atoms with van der Waals surface area (Å²) < 4.78 is 0. The van der Waals surface area contributed by atoms with E-state index in [1.54, 1.807) is 4.90 Å². The van der Waals surface area contributed by atoms with Gasteiger partial charge in [0, 0.05) is 58.0 Å². The van der Waals surface area contributed by atoms with Crippen molar-refractivity contribution in [2.24, 2.45) is 5.92 Å². The molecule has 2 aliphatic heterocycles. The van der Waals surface area contributed by atoms with Crippen LogP contribution in [-0.4, -0.2) is 74.1 Å². The van der Waals surface area contributed by atoms with E-state index < -0.39 is 0 Å². The number of nitrogens with one attached hydrogen (secondary N) is 3. The zero-order valence-electron chi connectivity index (χ0n) is 15.2. The molecule has 0 spiro atoms. The van der Waals surface area contributed by atoms with E-state index in [9.17, 15) is 9.59 Å². The average Bonchev–Trinajstić information content (AvgIpc) is 2.69. The lowest BCUT2D eigenvalue weighted by molar-refractivity contribution is -0.126. The first kappa shape index (κ1) is 18.7. The maximum absolute atomic E-state index is 12.5. The maximum Gasteiger partial charge on any atom is 0.321 e. The Kier molecular flexibility index (Phi) is 6.85. The van der Waals surface area contributed by atoms with Crippen LogP contribution in [0.25, 0.3) is 0 Å². The predicted molar refractivity (Wildman–Crippen MR) is 102 cm³/mol. The molecule has 7 heteroatoms. The summed E-state index contributed by atoms with van der Waals surface area (Å²) in [4.78, 5) is 29.0. The Bertz CT molecular complexity index is 589. The highest BCUT2D eigenvalue weighted by molar-refractivity contribution is 5.90. The molecule has 142 valence electrons. The Morgan fingerprint density at radius 3 is 2.65 bits per heavy atom. The summed E-state index contributed by atoms with van der Waals surface area (Å²) >= 11 is 0. The molecule has 0 aliphatic carbocycles. The molecule has 1 aromatic rings. The van der Waals surface area contributed by atoms with E-state index in [4.69, 9.17) is 0 Å². The van der Waals surface area contributed by atoms with Gasteiger partial charge in [0.1, 0.15) is 0 Å². The third kappa shape index (κ3) is 5.44. The SMILES string of the molecule is O=C(NCCN1CCNCC1)C1CCCN(C(=O)Nc2ccccc2)C1. The molecular formula is C19H29N5O2. The van der Waals surface area contributed by atoms with E-state index in [2.05, 4.69) is 20.9 Å². The summed E-state index contributed by atoms with van der Waals surface area (Å²) in [7, 11) is 0. The summed E-state index contributed by atoms with van der Waals surface area (Å²) in [5.41, 5.74) is 0.778. The molecule has 0 saturated carbocycles. The van der Waals surface area contributed by atoms with E-state index >= 15 is 0 Å². The maximum atomic E-state index is 12.5. The normalized spacial score (nSPS) is 21.2. The topological polar surface area (TPSA) is 76.7 Å². The molecule has 0 radical (unpaired) electrons. The van der Waals surface area contributed by atoms with Crippen LogP contribution in [0, 0.1) is 5.92 Å². The van der Waals surface area contributed by atoms with Crippen molar-refractivity contribution in [1.82, 2.24) is 20.4 Å². The standard InChI is InChI=1S/C19H29N5O2/c25-18(21-10-14-23-12-8-20-9-13-23)16-5-4-11-24(15-16)19(26)22-17-6-2-1-3-7-17/h1-3,6-7,16,20H,4-5,8-15H2,(H,21,25)(H,22,26). The van der Waals surface area contributed by atoms with Gasteiger partial charge in [-0.1, -0.05) is 18.2 Å². The number of amides is 3. The van der Waals surface area contributed by atoms with Gasteiger partial charge in [0.25, 0.3) is 0 Å². The zero-order valence-corrected chi connectivity index (χ0v) is 15.2. The van der Waals surface area contributed by atoms with Crippen LogP contribution in [0.1, 0.15) is 12.8 Å². The molecule has 2 saturated heterocycles. The Labute approximate surface area is 155 Å². The first-order chi connectivity index (χ1) is 12.7. The van der Waals surface area contributed by atoms with Crippen molar-refractivity contribution >= 4 is 17.6 Å². The molecule has 1 aromatic carbocycles. The number of nitrogens with zero attached hydrogens (tertiary/aromatic N) is 2. The summed E-state index contributed by atoms with van der Waals surface area (Å²) in [6.45, 7) is 6.84. The first-order valence-electron chi connectivity index (χ1n) is 9.54. The lowest BCUT2D eigenvalue weighted by Crippen LogP contribution is -2.49. The van der Waals surface area contributed by atoms with Crippen LogP contribution in [0.5, 0.6) is 0 Å². The van der Waals surface area contributed by atoms with Crippen LogP contribution in [0.15, 0.2) is 30.3 Å². The van der Waals surface area contributed by atoms with Crippen molar-refractivity contribution in [2.45, 2.75) is 12.8 Å². The van der Waals surface area contributed by atoms with E-state index in [0.29, 0.717) is 19.6 Å². The second kappa shape index (κ2) is 9.54. The molecule has 2 fully saturated rings. The minimum Gasteiger partial charge on any atom is -0.355 e. The molecule has 2 aliphatic rings. The Morgan fingerprint density at radius 1 is 1.12 bits per heavy atom. The molecule has 1 atom stereocenters. The van der Waals surface area contributed by atoms with Crippen molar-refractivity contribution in [2.75, 3.05) is 57.7 Å². The fraction of sp³-hybridized carbons (Fsp3) is 0.579. The number of benzene rings is 1. The number of para-hydroxylation sites is 1. The average molecular weight is 359 g/mol. The molecule has 0 aromatic heterocycles. The number of carbonyl (C=O) groups is 2. The minimum atomic E-state index is -0.130. The first-order valence-corrected chi connectivity index (χ1v) is 9.54. The number of likely N-dealkylation sites (tertiary alicyclic amines) is 1. The fourth-order valence-corrected chi connectivity index (χ4v) is 3.52. The Hall–Kier alpha value is -2.12. The van der Waals surface area contributed by atoms with Crippen LogP contribution in [-0.2, 0) is 4.79 Å². The highest BCUT2D eigenvalue weighted by Crippen LogP contribution is 2.18. The second-order valence-electron chi connectivity index (χ2n) is 6.96. The van der Waals surface area contributed by atoms with Crippen molar-refractivity contribution < 1.29 is 9.59 Å². The third-order valence-electron chi connectivity index (χ3n) is 5.04. The van der Waals surface area contributed by atoms with Gasteiger partial charge in [-0.3, -0.25) is 9.69 Å². The smallest absolute Gasteiger partial charge is 0.321 e. The van der Waals surface area contributed by atoms with E-state index in [0.717, 1.165) is 51.3 Å². The van der Waals surface area contributed by atoms with Crippen LogP contribution < -0.4 is 16.0 Å². The van der Waals surface area contributed by atoms with Gasteiger partial charge in [-0.05, 0) is 25.0 Å². The number of urea groups is 1. The minimum absolute atomic E-state index is 0.0670. The molecule has 7 nitrogen and oxygen atoms in total. The van der Waals surface area contributed by atoms with Gasteiger partial charge in [0.2, 0.25) is 5.91 Å². The number of carbonyl (C=O) groups excluding carboxylic acids is 2. The van der Waals surface area contributed by atoms with Crippen LogP contribution in [0.2, 0.25) is 0 Å². The molecule has 26 heavy (non-hydrogen) atoms. The van der Waals surface area contributed by atoms with E-state index in [1.807, 2.05) is 30.3 Å². The van der Waals surface area contributed by atoms with Gasteiger partial charge in [0.15, 0.2) is 0 Å². The second-order valence-corrected chi connectivity index (χ2v) is 6.96. The van der Waals surface area contributed by atoms with Gasteiger partial charge < -0.3 is 20.9 Å². The highest BCUT2D eigenvalue weighted by Gasteiger charge is 2.28. The van der Waals surface area contributed by atoms with E-state index in [1.165, 1.54) is 0 Å². The Morgan fingerprint density at radius 2 is 1.88 bits per heavy atom. The van der Waals surface area contributed by atoms with Gasteiger partial charge in [0.05, 0.1) is 5.92 Å². The molecule has 0 bridgehead atoms. The predicted octanol–water partition coefficient (Wildman–Crippen LogP) is 0.952. The molecule has 2 heterocycles. The Balaban J connectivity index is 1.42. The van der Waals surface area contributed by atoms with E-state index in [-0.39, 0.29) is 17.9 Å². The molecule has 3 N–H and O–H groups in total. The quantitative estimate of drug-likeness (QED) is 0.732. The van der Waals surface area contributed by atoms with Crippen molar-refractivity contribution in [3.05, 3.63) is 30.3 Å². The monoisotopic (exact) mass is 359 g/mol. The van der Waals surface area contributed by atoms with Crippen LogP contribution >= 0.6 is 0 Å². The van der Waals surface area contributed by atoms with Gasteiger partial charge in [-0.25, -0.2) is 4.79 Å².